The second kappa shape index (κ2) is 7.17. The summed E-state index contributed by atoms with van der Waals surface area (Å²) in [5.74, 6) is 0. The van der Waals surface area contributed by atoms with Gasteiger partial charge < -0.3 is 20.3 Å². The van der Waals surface area contributed by atoms with Crippen molar-refractivity contribution < 1.29 is 14.9 Å². The number of hydrogen-bond donors (Lipinski definition) is 3. The first-order valence-electron chi connectivity index (χ1n) is 5.13. The molecule has 0 amide bonds. The molecule has 0 heterocycles. The Bertz CT molecular complexity index is 139. The molecule has 0 saturated carbocycles. The van der Waals surface area contributed by atoms with Gasteiger partial charge in [-0.25, -0.2) is 0 Å². The molecule has 3 N–H and O–H groups in total. The first-order valence-corrected chi connectivity index (χ1v) is 5.13. The SMILES string of the molecule is CCOCC(O)CNC(C)(C)CCO. The molecule has 14 heavy (non-hydrogen) atoms. The zero-order valence-electron chi connectivity index (χ0n) is 9.42. The average molecular weight is 205 g/mol. The Morgan fingerprint density at radius 3 is 2.57 bits per heavy atom. The van der Waals surface area contributed by atoms with Gasteiger partial charge in [0.05, 0.1) is 12.7 Å². The number of β-amino-alcohol motifs (C(OH)–C–C–N with tert-alkyl or cyclic N) is 1. The monoisotopic (exact) mass is 205 g/mol. The smallest absolute Gasteiger partial charge is 0.0897 e. The van der Waals surface area contributed by atoms with Crippen LogP contribution in [-0.2, 0) is 4.74 Å². The summed E-state index contributed by atoms with van der Waals surface area (Å²) in [5.41, 5.74) is -0.137. The maximum atomic E-state index is 9.46. The van der Waals surface area contributed by atoms with E-state index in [-0.39, 0.29) is 12.1 Å². The maximum Gasteiger partial charge on any atom is 0.0897 e. The Labute approximate surface area is 86.3 Å². The van der Waals surface area contributed by atoms with E-state index in [4.69, 9.17) is 9.84 Å². The van der Waals surface area contributed by atoms with Gasteiger partial charge in [0.2, 0.25) is 0 Å². The van der Waals surface area contributed by atoms with E-state index in [1.807, 2.05) is 20.8 Å². The molecule has 4 heteroatoms. The maximum absolute atomic E-state index is 9.46. The van der Waals surface area contributed by atoms with Gasteiger partial charge in [-0.3, -0.25) is 0 Å². The third-order valence-corrected chi connectivity index (χ3v) is 2.07. The molecule has 0 aliphatic carbocycles. The van der Waals surface area contributed by atoms with Crippen LogP contribution in [0.5, 0.6) is 0 Å². The fourth-order valence-corrected chi connectivity index (χ4v) is 1.07. The fraction of sp³-hybridized carbons (Fsp3) is 1.00. The van der Waals surface area contributed by atoms with E-state index >= 15 is 0 Å². The molecule has 0 aliphatic rings. The summed E-state index contributed by atoms with van der Waals surface area (Å²) in [6.45, 7) is 7.52. The van der Waals surface area contributed by atoms with Crippen molar-refractivity contribution in [1.82, 2.24) is 5.32 Å². The highest BCUT2D eigenvalue weighted by Gasteiger charge is 2.17. The van der Waals surface area contributed by atoms with Gasteiger partial charge in [0.25, 0.3) is 0 Å². The molecule has 4 nitrogen and oxygen atoms in total. The van der Waals surface area contributed by atoms with Gasteiger partial charge in [-0.2, -0.15) is 0 Å². The number of aliphatic hydroxyl groups excluding tert-OH is 2. The number of hydrogen-bond acceptors (Lipinski definition) is 4. The van der Waals surface area contributed by atoms with Crippen molar-refractivity contribution in [2.45, 2.75) is 38.8 Å². The van der Waals surface area contributed by atoms with Gasteiger partial charge in [0.1, 0.15) is 0 Å². The van der Waals surface area contributed by atoms with Crippen molar-refractivity contribution in [3.63, 3.8) is 0 Å². The zero-order chi connectivity index (χ0) is 11.0. The molecular weight excluding hydrogens is 182 g/mol. The van der Waals surface area contributed by atoms with Gasteiger partial charge in [0, 0.05) is 25.3 Å². The van der Waals surface area contributed by atoms with Crippen LogP contribution >= 0.6 is 0 Å². The molecule has 86 valence electrons. The van der Waals surface area contributed by atoms with Gasteiger partial charge in [-0.05, 0) is 27.2 Å². The van der Waals surface area contributed by atoms with E-state index in [1.54, 1.807) is 0 Å². The standard InChI is InChI=1S/C10H23NO3/c1-4-14-8-9(13)7-11-10(2,3)5-6-12/h9,11-13H,4-8H2,1-3H3. The van der Waals surface area contributed by atoms with E-state index < -0.39 is 6.10 Å². The third-order valence-electron chi connectivity index (χ3n) is 2.07. The Morgan fingerprint density at radius 1 is 1.43 bits per heavy atom. The molecule has 0 spiro atoms. The van der Waals surface area contributed by atoms with Crippen molar-refractivity contribution in [3.8, 4) is 0 Å². The van der Waals surface area contributed by atoms with Crippen LogP contribution in [0.1, 0.15) is 27.2 Å². The summed E-state index contributed by atoms with van der Waals surface area (Å²) in [6, 6.07) is 0. The lowest BCUT2D eigenvalue weighted by Crippen LogP contribution is -2.45. The zero-order valence-corrected chi connectivity index (χ0v) is 9.42. The Hall–Kier alpha value is -0.160. The fourth-order valence-electron chi connectivity index (χ4n) is 1.07. The van der Waals surface area contributed by atoms with Crippen LogP contribution in [-0.4, -0.2) is 48.2 Å². The second-order valence-corrected chi connectivity index (χ2v) is 4.05. The lowest BCUT2D eigenvalue weighted by molar-refractivity contribution is 0.0382. The molecule has 0 aliphatic heterocycles. The van der Waals surface area contributed by atoms with Crippen molar-refractivity contribution in [3.05, 3.63) is 0 Å². The van der Waals surface area contributed by atoms with Crippen LogP contribution in [0.25, 0.3) is 0 Å². The Morgan fingerprint density at radius 2 is 2.07 bits per heavy atom. The lowest BCUT2D eigenvalue weighted by Gasteiger charge is -2.26. The highest BCUT2D eigenvalue weighted by molar-refractivity contribution is 4.78. The molecule has 1 unspecified atom stereocenters. The minimum Gasteiger partial charge on any atom is -0.396 e. The van der Waals surface area contributed by atoms with Crippen LogP contribution in [0.15, 0.2) is 0 Å². The Kier molecular flexibility index (Phi) is 7.09. The predicted molar refractivity (Wildman–Crippen MR) is 56.3 cm³/mol. The molecule has 0 radical (unpaired) electrons. The van der Waals surface area contributed by atoms with Crippen molar-refractivity contribution in [1.29, 1.82) is 0 Å². The van der Waals surface area contributed by atoms with Gasteiger partial charge in [-0.1, -0.05) is 0 Å². The first kappa shape index (κ1) is 13.8. The lowest BCUT2D eigenvalue weighted by atomic mass is 10.0. The molecular formula is C10H23NO3. The van der Waals surface area contributed by atoms with E-state index in [2.05, 4.69) is 5.32 Å². The van der Waals surface area contributed by atoms with Crippen molar-refractivity contribution in [2.75, 3.05) is 26.4 Å². The molecule has 0 saturated heterocycles. The van der Waals surface area contributed by atoms with Crippen molar-refractivity contribution >= 4 is 0 Å². The number of rotatable bonds is 8. The average Bonchev–Trinajstić information content (AvgIpc) is 2.11. The Balaban J connectivity index is 3.58. The van der Waals surface area contributed by atoms with Crippen LogP contribution in [0.4, 0.5) is 0 Å². The summed E-state index contributed by atoms with van der Waals surface area (Å²) < 4.78 is 5.08. The summed E-state index contributed by atoms with van der Waals surface area (Å²) in [6.07, 6.45) is 0.196. The number of ether oxygens (including phenoxy) is 1. The molecule has 0 rings (SSSR count). The van der Waals surface area contributed by atoms with Crippen molar-refractivity contribution in [2.24, 2.45) is 0 Å². The predicted octanol–water partition coefficient (Wildman–Crippen LogP) is 0.134. The van der Waals surface area contributed by atoms with Crippen LogP contribution in [0, 0.1) is 0 Å². The molecule has 1 atom stereocenters. The normalized spacial score (nSPS) is 14.4. The highest BCUT2D eigenvalue weighted by atomic mass is 16.5. The molecule has 0 bridgehead atoms. The first-order chi connectivity index (χ1) is 6.52. The van der Waals surface area contributed by atoms with Gasteiger partial charge in [0.15, 0.2) is 0 Å². The quantitative estimate of drug-likeness (QED) is 0.527. The minimum absolute atomic E-state index is 0.137. The highest BCUT2D eigenvalue weighted by Crippen LogP contribution is 2.06. The van der Waals surface area contributed by atoms with Gasteiger partial charge >= 0.3 is 0 Å². The van der Waals surface area contributed by atoms with Crippen LogP contribution < -0.4 is 5.32 Å². The van der Waals surface area contributed by atoms with E-state index in [0.717, 1.165) is 0 Å². The molecule has 0 aromatic rings. The summed E-state index contributed by atoms with van der Waals surface area (Å²) in [4.78, 5) is 0. The van der Waals surface area contributed by atoms with Crippen LogP contribution in [0.2, 0.25) is 0 Å². The van der Waals surface area contributed by atoms with Gasteiger partial charge in [-0.15, -0.1) is 0 Å². The minimum atomic E-state index is -0.479. The molecule has 0 aromatic carbocycles. The van der Waals surface area contributed by atoms with Crippen LogP contribution in [0.3, 0.4) is 0 Å². The summed E-state index contributed by atoms with van der Waals surface area (Å²) >= 11 is 0. The van der Waals surface area contributed by atoms with E-state index in [1.165, 1.54) is 0 Å². The third kappa shape index (κ3) is 7.26. The summed E-state index contributed by atoms with van der Waals surface area (Å²) in [7, 11) is 0. The molecule has 0 fully saturated rings. The number of nitrogens with one attached hydrogen (secondary N) is 1. The topological polar surface area (TPSA) is 61.7 Å². The van der Waals surface area contributed by atoms with E-state index in [0.29, 0.717) is 26.2 Å². The number of aliphatic hydroxyl groups is 2. The molecule has 0 aromatic heterocycles. The summed E-state index contributed by atoms with van der Waals surface area (Å²) in [5, 5.41) is 21.4. The largest absolute Gasteiger partial charge is 0.396 e. The second-order valence-electron chi connectivity index (χ2n) is 4.05. The van der Waals surface area contributed by atoms with E-state index in [9.17, 15) is 5.11 Å².